The normalized spacial score (nSPS) is 13.3. The Morgan fingerprint density at radius 2 is 2.00 bits per heavy atom. The molecule has 0 aliphatic heterocycles. The van der Waals surface area contributed by atoms with Crippen LogP contribution in [-0.2, 0) is 0 Å². The van der Waals surface area contributed by atoms with Crippen LogP contribution in [0.5, 0.6) is 0 Å². The fourth-order valence-corrected chi connectivity index (χ4v) is 0.221. The van der Waals surface area contributed by atoms with Gasteiger partial charge in [-0.1, -0.05) is 0 Å². The van der Waals surface area contributed by atoms with E-state index in [1.165, 1.54) is 0 Å². The Morgan fingerprint density at radius 3 is 2.30 bits per heavy atom. The Kier molecular flexibility index (Phi) is 2.85. The van der Waals surface area contributed by atoms with Crippen LogP contribution in [0.2, 0.25) is 0 Å². The number of halogens is 3. The van der Waals surface area contributed by atoms with Gasteiger partial charge in [0.05, 0.1) is 0 Å². The molecule has 58 valence electrons. The second-order valence-corrected chi connectivity index (χ2v) is 1.45. The number of alkyl halides is 3. The van der Waals surface area contributed by atoms with Crippen molar-refractivity contribution in [2.24, 2.45) is 15.7 Å². The third-order valence-electron chi connectivity index (χ3n) is 0.582. The number of aliphatic imine (C=N–C) groups is 2. The monoisotopic (exact) mass is 153 g/mol. The highest BCUT2D eigenvalue weighted by Crippen LogP contribution is 2.13. The largest absolute Gasteiger partial charge is 0.408 e. The van der Waals surface area contributed by atoms with Crippen LogP contribution in [-0.4, -0.2) is 25.4 Å². The first-order valence-electron chi connectivity index (χ1n) is 2.29. The maximum atomic E-state index is 11.3. The lowest BCUT2D eigenvalue weighted by atomic mass is 10.6. The van der Waals surface area contributed by atoms with Crippen LogP contribution in [0.3, 0.4) is 0 Å². The first kappa shape index (κ1) is 8.93. The fourth-order valence-electron chi connectivity index (χ4n) is 0.221. The van der Waals surface area contributed by atoms with Crippen LogP contribution in [0.4, 0.5) is 13.2 Å². The Labute approximate surface area is 55.5 Å². The fraction of sp³-hybridized carbons (Fsp3) is 0.500. The number of nitrogens with two attached hydrogens (primary N) is 1. The molecular weight excluding hydrogens is 147 g/mol. The molecule has 0 heterocycles. The number of rotatable bonds is 1. The lowest BCUT2D eigenvalue weighted by Crippen LogP contribution is -2.16. The van der Waals surface area contributed by atoms with E-state index in [2.05, 4.69) is 16.7 Å². The van der Waals surface area contributed by atoms with E-state index in [9.17, 15) is 13.2 Å². The van der Waals surface area contributed by atoms with E-state index in [0.717, 1.165) is 0 Å². The topological polar surface area (TPSA) is 50.7 Å². The Morgan fingerprint density at radius 1 is 1.50 bits per heavy atom. The molecule has 10 heavy (non-hydrogen) atoms. The molecule has 6 heteroatoms. The van der Waals surface area contributed by atoms with Gasteiger partial charge >= 0.3 is 6.18 Å². The number of guanidine groups is 1. The zero-order valence-corrected chi connectivity index (χ0v) is 5.02. The zero-order chi connectivity index (χ0) is 8.20. The second-order valence-electron chi connectivity index (χ2n) is 1.45. The highest BCUT2D eigenvalue weighted by atomic mass is 19.4. The smallest absolute Gasteiger partial charge is 0.368 e. The molecule has 0 amide bonds. The third-order valence-corrected chi connectivity index (χ3v) is 0.582. The Hall–Kier alpha value is -1.07. The summed E-state index contributed by atoms with van der Waals surface area (Å²) in [6.07, 6.45) is -4.32. The number of hydrogen-bond acceptors (Lipinski definition) is 1. The van der Waals surface area contributed by atoms with Gasteiger partial charge in [-0.05, 0) is 6.72 Å². The summed E-state index contributed by atoms with van der Waals surface area (Å²) in [5, 5.41) is 0. The summed E-state index contributed by atoms with van der Waals surface area (Å²) < 4.78 is 34.0. The first-order valence-corrected chi connectivity index (χ1v) is 2.29. The summed E-state index contributed by atoms with van der Waals surface area (Å²) in [7, 11) is 0. The lowest BCUT2D eigenvalue weighted by molar-refractivity contribution is -0.118. The predicted molar refractivity (Wildman–Crippen MR) is 32.1 cm³/mol. The van der Waals surface area contributed by atoms with Crippen molar-refractivity contribution in [2.45, 2.75) is 6.18 Å². The van der Waals surface area contributed by atoms with Crippen LogP contribution >= 0.6 is 0 Å². The van der Waals surface area contributed by atoms with Gasteiger partial charge in [-0.2, -0.15) is 13.2 Å². The van der Waals surface area contributed by atoms with Gasteiger partial charge in [0.15, 0.2) is 0 Å². The summed E-state index contributed by atoms with van der Waals surface area (Å²) in [4.78, 5) is 5.82. The zero-order valence-electron chi connectivity index (χ0n) is 5.02. The van der Waals surface area contributed by atoms with E-state index in [4.69, 9.17) is 5.73 Å². The highest BCUT2D eigenvalue weighted by Gasteiger charge is 2.26. The van der Waals surface area contributed by atoms with Crippen molar-refractivity contribution >= 4 is 12.7 Å². The van der Waals surface area contributed by atoms with Crippen molar-refractivity contribution in [3.05, 3.63) is 0 Å². The lowest BCUT2D eigenvalue weighted by Gasteiger charge is -1.99. The molecule has 0 rings (SSSR count). The van der Waals surface area contributed by atoms with Gasteiger partial charge in [-0.25, -0.2) is 9.98 Å². The third kappa shape index (κ3) is 5.07. The molecular formula is C4H6F3N3. The van der Waals surface area contributed by atoms with Crippen LogP contribution in [0.25, 0.3) is 0 Å². The van der Waals surface area contributed by atoms with Crippen LogP contribution < -0.4 is 5.73 Å². The molecule has 0 aliphatic carbocycles. The SMILES string of the molecule is C=NC(N)=NCC(F)(F)F. The highest BCUT2D eigenvalue weighted by molar-refractivity contribution is 5.82. The van der Waals surface area contributed by atoms with Gasteiger partial charge < -0.3 is 5.73 Å². The van der Waals surface area contributed by atoms with Gasteiger partial charge in [0, 0.05) is 0 Å². The molecule has 0 radical (unpaired) electrons. The molecule has 0 saturated carbocycles. The molecule has 0 aromatic heterocycles. The van der Waals surface area contributed by atoms with E-state index in [1.54, 1.807) is 0 Å². The van der Waals surface area contributed by atoms with Crippen molar-refractivity contribution < 1.29 is 13.2 Å². The summed E-state index contributed by atoms with van der Waals surface area (Å²) >= 11 is 0. The van der Waals surface area contributed by atoms with E-state index < -0.39 is 18.7 Å². The minimum atomic E-state index is -4.32. The van der Waals surface area contributed by atoms with E-state index in [-0.39, 0.29) is 0 Å². The molecule has 0 unspecified atom stereocenters. The van der Waals surface area contributed by atoms with Crippen LogP contribution in [0, 0.1) is 0 Å². The van der Waals surface area contributed by atoms with Gasteiger partial charge in [0.1, 0.15) is 6.54 Å². The maximum Gasteiger partial charge on any atom is 0.408 e. The van der Waals surface area contributed by atoms with Crippen molar-refractivity contribution in [2.75, 3.05) is 6.54 Å². The van der Waals surface area contributed by atoms with Gasteiger partial charge in [0.2, 0.25) is 5.96 Å². The van der Waals surface area contributed by atoms with Crippen molar-refractivity contribution in [1.82, 2.24) is 0 Å². The summed E-state index contributed by atoms with van der Waals surface area (Å²) in [5.74, 6) is -0.447. The second kappa shape index (κ2) is 3.19. The molecule has 2 N–H and O–H groups in total. The van der Waals surface area contributed by atoms with E-state index >= 15 is 0 Å². The molecule has 0 saturated heterocycles. The molecule has 3 nitrogen and oxygen atoms in total. The quantitative estimate of drug-likeness (QED) is 0.434. The van der Waals surface area contributed by atoms with Crippen molar-refractivity contribution in [3.63, 3.8) is 0 Å². The van der Waals surface area contributed by atoms with E-state index in [1.807, 2.05) is 0 Å². The van der Waals surface area contributed by atoms with Crippen molar-refractivity contribution in [1.29, 1.82) is 0 Å². The molecule has 0 aromatic rings. The standard InChI is InChI=1S/C4H6F3N3/c1-9-3(8)10-2-4(5,6)7/h1-2H2,(H2,8,10). The summed E-state index contributed by atoms with van der Waals surface area (Å²) in [6, 6.07) is 0. The van der Waals surface area contributed by atoms with Gasteiger partial charge in [-0.3, -0.25) is 0 Å². The molecule has 0 aliphatic rings. The summed E-state index contributed by atoms with van der Waals surface area (Å²) in [5.41, 5.74) is 4.80. The number of nitrogens with zero attached hydrogens (tertiary/aromatic N) is 2. The van der Waals surface area contributed by atoms with Crippen molar-refractivity contribution in [3.8, 4) is 0 Å². The average Bonchev–Trinajstić information content (AvgIpc) is 1.81. The van der Waals surface area contributed by atoms with Gasteiger partial charge in [-0.15, -0.1) is 0 Å². The van der Waals surface area contributed by atoms with E-state index in [0.29, 0.717) is 0 Å². The van der Waals surface area contributed by atoms with Crippen LogP contribution in [0.15, 0.2) is 9.98 Å². The number of hydrogen-bond donors (Lipinski definition) is 1. The molecule has 0 spiro atoms. The molecule has 0 fully saturated rings. The average molecular weight is 153 g/mol. The molecule has 0 bridgehead atoms. The Balaban J connectivity index is 3.84. The first-order chi connectivity index (χ1) is 4.45. The minimum Gasteiger partial charge on any atom is -0.368 e. The molecule has 0 atom stereocenters. The predicted octanol–water partition coefficient (Wildman–Crippen LogP) is 0.564. The maximum absolute atomic E-state index is 11.3. The van der Waals surface area contributed by atoms with Crippen LogP contribution in [0.1, 0.15) is 0 Å². The van der Waals surface area contributed by atoms with Gasteiger partial charge in [0.25, 0.3) is 0 Å². The Bertz CT molecular complexity index is 148. The molecule has 0 aromatic carbocycles. The minimum absolute atomic E-state index is 0.447. The summed E-state index contributed by atoms with van der Waals surface area (Å²) in [6.45, 7) is 1.58.